The number of aliphatic hydroxyl groups excluding tert-OH is 1. The van der Waals surface area contributed by atoms with Crippen molar-refractivity contribution in [3.05, 3.63) is 53.6 Å². The third-order valence-electron chi connectivity index (χ3n) is 8.12. The van der Waals surface area contributed by atoms with Crippen molar-refractivity contribution in [2.75, 3.05) is 24.7 Å². The molecule has 1 aromatic rings. The van der Waals surface area contributed by atoms with E-state index in [4.69, 9.17) is 21.1 Å². The molecule has 0 bridgehead atoms. The average Bonchev–Trinajstić information content (AvgIpc) is 3.15. The van der Waals surface area contributed by atoms with E-state index in [-0.39, 0.29) is 37.5 Å². The second kappa shape index (κ2) is 9.57. The van der Waals surface area contributed by atoms with Crippen LogP contribution >= 0.6 is 11.6 Å². The van der Waals surface area contributed by atoms with Gasteiger partial charge in [-0.2, -0.15) is 0 Å². The molecule has 37 heavy (non-hydrogen) atoms. The Morgan fingerprint density at radius 2 is 1.86 bits per heavy atom. The van der Waals surface area contributed by atoms with Gasteiger partial charge in [-0.05, 0) is 37.0 Å². The van der Waals surface area contributed by atoms with Crippen molar-refractivity contribution in [3.63, 3.8) is 0 Å². The van der Waals surface area contributed by atoms with Crippen LogP contribution in [-0.4, -0.2) is 70.8 Å². The first kappa shape index (κ1) is 25.9. The van der Waals surface area contributed by atoms with E-state index in [0.29, 0.717) is 23.6 Å². The highest BCUT2D eigenvalue weighted by atomic mass is 35.5. The smallest absolute Gasteiger partial charge is 0.313 e. The van der Waals surface area contributed by atoms with Gasteiger partial charge in [-0.25, -0.2) is 0 Å². The second-order valence-corrected chi connectivity index (χ2v) is 11.1. The maximum Gasteiger partial charge on any atom is 0.313 e. The Bertz CT molecular complexity index is 1170. The van der Waals surface area contributed by atoms with Gasteiger partial charge < -0.3 is 24.4 Å². The molecule has 0 radical (unpaired) electrons. The van der Waals surface area contributed by atoms with E-state index in [1.54, 1.807) is 41.3 Å². The highest BCUT2D eigenvalue weighted by Gasteiger charge is 2.76. The molecule has 4 heterocycles. The van der Waals surface area contributed by atoms with Crippen molar-refractivity contribution < 1.29 is 29.0 Å². The van der Waals surface area contributed by atoms with Gasteiger partial charge in [0.2, 0.25) is 5.91 Å². The first-order chi connectivity index (χ1) is 17.7. The van der Waals surface area contributed by atoms with Crippen molar-refractivity contribution in [1.82, 2.24) is 4.90 Å². The zero-order valence-corrected chi connectivity index (χ0v) is 22.1. The highest BCUT2D eigenvalue weighted by Crippen LogP contribution is 2.59. The predicted octanol–water partition coefficient (Wildman–Crippen LogP) is 3.12. The van der Waals surface area contributed by atoms with Crippen LogP contribution in [0.2, 0.25) is 5.02 Å². The van der Waals surface area contributed by atoms with Gasteiger partial charge in [0.25, 0.3) is 5.91 Å². The molecule has 198 valence electrons. The van der Waals surface area contributed by atoms with Crippen LogP contribution in [-0.2, 0) is 23.9 Å². The number of para-hydroxylation sites is 1. The molecular weight excluding hydrogens is 496 g/mol. The Morgan fingerprint density at radius 1 is 1.11 bits per heavy atom. The summed E-state index contributed by atoms with van der Waals surface area (Å²) < 4.78 is 12.3. The minimum atomic E-state index is -1.41. The predicted molar refractivity (Wildman–Crippen MR) is 138 cm³/mol. The van der Waals surface area contributed by atoms with E-state index in [1.807, 2.05) is 32.9 Å². The molecule has 0 saturated carbocycles. The Labute approximate surface area is 221 Å². The molecule has 2 saturated heterocycles. The molecule has 6 atom stereocenters. The highest BCUT2D eigenvalue weighted by molar-refractivity contribution is 6.34. The summed E-state index contributed by atoms with van der Waals surface area (Å²) in [5, 5.41) is 10.8. The third kappa shape index (κ3) is 3.83. The number of amides is 2. The lowest BCUT2D eigenvalue weighted by Crippen LogP contribution is -2.59. The van der Waals surface area contributed by atoms with Crippen LogP contribution < -0.4 is 4.90 Å². The molecular formula is C28H33ClN2O6. The van der Waals surface area contributed by atoms with E-state index < -0.39 is 41.1 Å². The summed E-state index contributed by atoms with van der Waals surface area (Å²) >= 11 is 6.49. The molecule has 1 aromatic carbocycles. The van der Waals surface area contributed by atoms with Crippen LogP contribution in [0.25, 0.3) is 0 Å². The van der Waals surface area contributed by atoms with Crippen molar-refractivity contribution in [3.8, 4) is 0 Å². The number of nitrogens with zero attached hydrogens (tertiary/aromatic N) is 2. The minimum absolute atomic E-state index is 0.100. The topological polar surface area (TPSA) is 96.4 Å². The first-order valence-electron chi connectivity index (χ1n) is 12.9. The fourth-order valence-corrected chi connectivity index (χ4v) is 6.87. The molecule has 4 aliphatic heterocycles. The number of fused-ring (bicyclic) bond motifs is 2. The summed E-state index contributed by atoms with van der Waals surface area (Å²) in [6.45, 7) is 5.90. The Morgan fingerprint density at radius 3 is 2.54 bits per heavy atom. The molecule has 2 amide bonds. The maximum absolute atomic E-state index is 14.5. The number of rotatable bonds is 6. The lowest BCUT2D eigenvalue weighted by molar-refractivity contribution is -0.159. The van der Waals surface area contributed by atoms with Gasteiger partial charge in [-0.15, -0.1) is 0 Å². The van der Waals surface area contributed by atoms with E-state index in [2.05, 4.69) is 0 Å². The van der Waals surface area contributed by atoms with Crippen molar-refractivity contribution in [1.29, 1.82) is 0 Å². The molecule has 5 rings (SSSR count). The van der Waals surface area contributed by atoms with Gasteiger partial charge in [0.15, 0.2) is 0 Å². The number of hydrogen-bond donors (Lipinski definition) is 1. The summed E-state index contributed by atoms with van der Waals surface area (Å²) in [6.07, 6.45) is 8.06. The Kier molecular flexibility index (Phi) is 6.71. The van der Waals surface area contributed by atoms with Crippen LogP contribution in [0.1, 0.15) is 33.6 Å². The number of aliphatic hydroxyl groups is 1. The van der Waals surface area contributed by atoms with Gasteiger partial charge in [-0.3, -0.25) is 14.4 Å². The second-order valence-electron chi connectivity index (χ2n) is 10.7. The number of hydrogen-bond acceptors (Lipinski definition) is 6. The fourth-order valence-electron chi connectivity index (χ4n) is 6.64. The SMILES string of the molecule is CC[C@@]12C=CCOC(=O)[C@@H]1[C@H]1C(=O)N([C@@H](CO)CC(C)C)C3C(=O)N(c4ccccc4Cl)CC=C[C@@]31O2. The molecule has 9 heteroatoms. The monoisotopic (exact) mass is 528 g/mol. The van der Waals surface area contributed by atoms with Crippen molar-refractivity contribution in [2.24, 2.45) is 17.8 Å². The number of esters is 1. The molecule has 4 aliphatic rings. The standard InChI is InChI=1S/C28H33ClN2O6/c1-4-27-11-8-14-36-26(35)22(27)21-24(33)31(18(16-32)15-17(2)3)23-25(34)30(13-7-12-28(21,23)37-27)20-10-6-5-9-19(20)29/h5-12,17-18,21-23,32H,4,13-16H2,1-3H3/t18-,21+,22+,23?,27-,28+/m1/s1. The van der Waals surface area contributed by atoms with Crippen molar-refractivity contribution in [2.45, 2.75) is 56.9 Å². The zero-order chi connectivity index (χ0) is 26.5. The van der Waals surface area contributed by atoms with Gasteiger partial charge >= 0.3 is 5.97 Å². The summed E-state index contributed by atoms with van der Waals surface area (Å²) in [5.74, 6) is -2.99. The number of carbonyl (C=O) groups is 3. The lowest BCUT2D eigenvalue weighted by atomic mass is 9.73. The van der Waals surface area contributed by atoms with Gasteiger partial charge in [-0.1, -0.05) is 62.7 Å². The summed E-state index contributed by atoms with van der Waals surface area (Å²) in [4.78, 5) is 45.2. The molecule has 1 N–H and O–H groups in total. The van der Waals surface area contributed by atoms with Crippen LogP contribution in [0.15, 0.2) is 48.6 Å². The number of carbonyl (C=O) groups excluding carboxylic acids is 3. The Balaban J connectivity index is 1.70. The van der Waals surface area contributed by atoms with Crippen LogP contribution in [0.3, 0.4) is 0 Å². The van der Waals surface area contributed by atoms with Gasteiger partial charge in [0.1, 0.15) is 29.8 Å². The molecule has 8 nitrogen and oxygen atoms in total. The first-order valence-corrected chi connectivity index (χ1v) is 13.3. The number of cyclic esters (lactones) is 1. The number of benzene rings is 1. The van der Waals surface area contributed by atoms with Gasteiger partial charge in [0, 0.05) is 6.54 Å². The van der Waals surface area contributed by atoms with E-state index in [0.717, 1.165) is 0 Å². The van der Waals surface area contributed by atoms with Crippen LogP contribution in [0, 0.1) is 17.8 Å². The largest absolute Gasteiger partial charge is 0.461 e. The Hall–Kier alpha value is -2.68. The zero-order valence-electron chi connectivity index (χ0n) is 21.3. The molecule has 0 aliphatic carbocycles. The molecule has 2 fully saturated rings. The van der Waals surface area contributed by atoms with Crippen LogP contribution in [0.5, 0.6) is 0 Å². The average molecular weight is 529 g/mol. The number of anilines is 1. The quantitative estimate of drug-likeness (QED) is 0.450. The fraction of sp³-hybridized carbons (Fsp3) is 0.536. The normalized spacial score (nSPS) is 33.7. The molecule has 1 spiro atoms. The van der Waals surface area contributed by atoms with E-state index in [1.165, 1.54) is 4.90 Å². The van der Waals surface area contributed by atoms with Crippen molar-refractivity contribution >= 4 is 35.1 Å². The third-order valence-corrected chi connectivity index (χ3v) is 8.44. The summed E-state index contributed by atoms with van der Waals surface area (Å²) in [6, 6.07) is 5.34. The molecule has 1 unspecified atom stereocenters. The number of halogens is 1. The van der Waals surface area contributed by atoms with Crippen LogP contribution in [0.4, 0.5) is 5.69 Å². The van der Waals surface area contributed by atoms with E-state index in [9.17, 15) is 19.5 Å². The maximum atomic E-state index is 14.5. The summed E-state index contributed by atoms with van der Waals surface area (Å²) in [5.41, 5.74) is -1.97. The van der Waals surface area contributed by atoms with E-state index >= 15 is 0 Å². The summed E-state index contributed by atoms with van der Waals surface area (Å²) in [7, 11) is 0. The minimum Gasteiger partial charge on any atom is -0.461 e. The number of likely N-dealkylation sites (tertiary alicyclic amines) is 1. The molecule has 0 aromatic heterocycles. The lowest BCUT2D eigenvalue weighted by Gasteiger charge is -2.41. The number of ether oxygens (including phenoxy) is 2. The van der Waals surface area contributed by atoms with Gasteiger partial charge in [0.05, 0.1) is 29.3 Å².